The maximum absolute atomic E-state index is 12.9. The molecule has 146 valence electrons. The lowest BCUT2D eigenvalue weighted by atomic mass is 9.95. The summed E-state index contributed by atoms with van der Waals surface area (Å²) in [6.07, 6.45) is 9.12. The highest BCUT2D eigenvalue weighted by Crippen LogP contribution is 2.29. The number of carbonyl (C=O) groups excluding carboxylic acids is 1. The Bertz CT molecular complexity index is 750. The van der Waals surface area contributed by atoms with Gasteiger partial charge in [0.2, 0.25) is 0 Å². The Balaban J connectivity index is 1.59. The van der Waals surface area contributed by atoms with Gasteiger partial charge in [0.05, 0.1) is 5.56 Å². The van der Waals surface area contributed by atoms with Gasteiger partial charge in [0.15, 0.2) is 0 Å². The minimum atomic E-state index is 0.160. The molecule has 1 saturated heterocycles. The molecule has 0 saturated carbocycles. The first-order valence-electron chi connectivity index (χ1n) is 9.68. The van der Waals surface area contributed by atoms with E-state index in [1.807, 2.05) is 41.6 Å². The first-order chi connectivity index (χ1) is 13.1. The zero-order valence-corrected chi connectivity index (χ0v) is 17.4. The van der Waals surface area contributed by atoms with Crippen LogP contribution >= 0.6 is 11.8 Å². The molecule has 1 amide bonds. The number of thioether (sulfide) groups is 1. The van der Waals surface area contributed by atoms with E-state index in [0.29, 0.717) is 5.92 Å². The van der Waals surface area contributed by atoms with Crippen LogP contribution in [0.5, 0.6) is 0 Å². The summed E-state index contributed by atoms with van der Waals surface area (Å²) in [4.78, 5) is 22.8. The van der Waals surface area contributed by atoms with Crippen LogP contribution in [-0.4, -0.2) is 65.2 Å². The van der Waals surface area contributed by atoms with Crippen LogP contribution < -0.4 is 0 Å². The summed E-state index contributed by atoms with van der Waals surface area (Å²) in [5, 5.41) is 0. The van der Waals surface area contributed by atoms with Crippen molar-refractivity contribution in [2.24, 2.45) is 0 Å². The van der Waals surface area contributed by atoms with Crippen LogP contribution in [0.4, 0.5) is 0 Å². The van der Waals surface area contributed by atoms with Gasteiger partial charge in [-0.25, -0.2) is 4.98 Å². The van der Waals surface area contributed by atoms with Crippen LogP contribution in [-0.2, 0) is 6.54 Å². The lowest BCUT2D eigenvalue weighted by Crippen LogP contribution is -2.38. The maximum Gasteiger partial charge on any atom is 0.254 e. The average molecular weight is 387 g/mol. The molecular weight excluding hydrogens is 356 g/mol. The number of carbonyl (C=O) groups is 1. The molecule has 1 aliphatic heterocycles. The van der Waals surface area contributed by atoms with Crippen molar-refractivity contribution >= 4 is 17.7 Å². The molecule has 1 aromatic heterocycles. The number of nitrogens with zero attached hydrogens (tertiary/aromatic N) is 4. The Labute approximate surface area is 166 Å². The highest BCUT2D eigenvalue weighted by Gasteiger charge is 2.27. The fourth-order valence-corrected chi connectivity index (χ4v) is 4.35. The molecule has 5 nitrogen and oxygen atoms in total. The van der Waals surface area contributed by atoms with Crippen molar-refractivity contribution in [3.05, 3.63) is 48.0 Å². The molecular formula is C21H30N4OS. The zero-order chi connectivity index (χ0) is 19.2. The molecule has 3 rings (SSSR count). The first-order valence-corrected chi connectivity index (χ1v) is 10.9. The second-order valence-corrected chi connectivity index (χ2v) is 8.25. The van der Waals surface area contributed by atoms with Gasteiger partial charge in [-0.2, -0.15) is 0 Å². The van der Waals surface area contributed by atoms with E-state index in [4.69, 9.17) is 0 Å². The van der Waals surface area contributed by atoms with Crippen LogP contribution in [0, 0.1) is 0 Å². The standard InChI is InChI=1S/C21H30N4OS/c1-23(2)12-6-13-24-16-11-22-20(24)17-9-14-25(15-10-17)21(26)18-7-4-5-8-19(18)27-3/h4-5,7-8,11,16-17H,6,9-10,12-15H2,1-3H3. The second-order valence-electron chi connectivity index (χ2n) is 7.40. The number of hydrogen-bond acceptors (Lipinski definition) is 4. The van der Waals surface area contributed by atoms with Crippen molar-refractivity contribution in [1.29, 1.82) is 0 Å². The zero-order valence-electron chi connectivity index (χ0n) is 16.6. The summed E-state index contributed by atoms with van der Waals surface area (Å²) < 4.78 is 2.30. The fourth-order valence-electron chi connectivity index (χ4n) is 3.76. The molecule has 0 unspecified atom stereocenters. The smallest absolute Gasteiger partial charge is 0.254 e. The van der Waals surface area contributed by atoms with E-state index in [1.165, 1.54) is 5.82 Å². The van der Waals surface area contributed by atoms with Gasteiger partial charge in [0, 0.05) is 42.8 Å². The van der Waals surface area contributed by atoms with Gasteiger partial charge < -0.3 is 14.4 Å². The number of rotatable bonds is 7. The van der Waals surface area contributed by atoms with Gasteiger partial charge in [-0.3, -0.25) is 4.79 Å². The van der Waals surface area contributed by atoms with E-state index < -0.39 is 0 Å². The summed E-state index contributed by atoms with van der Waals surface area (Å²) in [6, 6.07) is 7.90. The molecule has 0 N–H and O–H groups in total. The fraction of sp³-hybridized carbons (Fsp3) is 0.524. The number of hydrogen-bond donors (Lipinski definition) is 0. The molecule has 1 aromatic carbocycles. The summed E-state index contributed by atoms with van der Waals surface area (Å²) >= 11 is 1.63. The topological polar surface area (TPSA) is 41.4 Å². The van der Waals surface area contributed by atoms with Crippen molar-refractivity contribution < 1.29 is 4.79 Å². The van der Waals surface area contributed by atoms with Gasteiger partial charge >= 0.3 is 0 Å². The molecule has 1 aliphatic rings. The lowest BCUT2D eigenvalue weighted by Gasteiger charge is -2.32. The molecule has 2 aromatic rings. The van der Waals surface area contributed by atoms with Crippen molar-refractivity contribution in [3.8, 4) is 0 Å². The average Bonchev–Trinajstić information content (AvgIpc) is 3.15. The van der Waals surface area contributed by atoms with Gasteiger partial charge in [-0.1, -0.05) is 12.1 Å². The third kappa shape index (κ3) is 4.93. The summed E-state index contributed by atoms with van der Waals surface area (Å²) in [7, 11) is 4.22. The quantitative estimate of drug-likeness (QED) is 0.682. The molecule has 2 heterocycles. The Morgan fingerprint density at radius 1 is 1.26 bits per heavy atom. The number of aryl methyl sites for hydroxylation is 1. The SMILES string of the molecule is CSc1ccccc1C(=O)N1CCC(c2nccn2CCCN(C)C)CC1. The Morgan fingerprint density at radius 2 is 2.00 bits per heavy atom. The van der Waals surface area contributed by atoms with E-state index in [1.54, 1.807) is 11.8 Å². The van der Waals surface area contributed by atoms with Crippen LogP contribution in [0.15, 0.2) is 41.6 Å². The minimum absolute atomic E-state index is 0.160. The summed E-state index contributed by atoms with van der Waals surface area (Å²) in [6.45, 7) is 3.70. The number of piperidine rings is 1. The van der Waals surface area contributed by atoms with Gasteiger partial charge in [-0.05, 0) is 58.3 Å². The van der Waals surface area contributed by atoms with Crippen molar-refractivity contribution in [3.63, 3.8) is 0 Å². The normalized spacial score (nSPS) is 15.5. The number of imidazole rings is 1. The third-order valence-corrected chi connectivity index (χ3v) is 6.03. The van der Waals surface area contributed by atoms with Crippen molar-refractivity contribution in [2.45, 2.75) is 36.6 Å². The minimum Gasteiger partial charge on any atom is -0.339 e. The second kappa shape index (κ2) is 9.42. The van der Waals surface area contributed by atoms with E-state index in [-0.39, 0.29) is 5.91 Å². The Morgan fingerprint density at radius 3 is 2.70 bits per heavy atom. The highest BCUT2D eigenvalue weighted by atomic mass is 32.2. The Kier molecular flexibility index (Phi) is 6.96. The summed E-state index contributed by atoms with van der Waals surface area (Å²) in [5.74, 6) is 1.79. The van der Waals surface area contributed by atoms with E-state index in [9.17, 15) is 4.79 Å². The van der Waals surface area contributed by atoms with Crippen LogP contribution in [0.25, 0.3) is 0 Å². The lowest BCUT2D eigenvalue weighted by molar-refractivity contribution is 0.0706. The molecule has 27 heavy (non-hydrogen) atoms. The van der Waals surface area contributed by atoms with Gasteiger partial charge in [0.25, 0.3) is 5.91 Å². The third-order valence-electron chi connectivity index (χ3n) is 5.24. The largest absolute Gasteiger partial charge is 0.339 e. The van der Waals surface area contributed by atoms with Crippen LogP contribution in [0.3, 0.4) is 0 Å². The number of benzene rings is 1. The van der Waals surface area contributed by atoms with Gasteiger partial charge in [0.1, 0.15) is 5.82 Å². The van der Waals surface area contributed by atoms with E-state index >= 15 is 0 Å². The number of aromatic nitrogens is 2. The van der Waals surface area contributed by atoms with Gasteiger partial charge in [-0.15, -0.1) is 11.8 Å². The maximum atomic E-state index is 12.9. The van der Waals surface area contributed by atoms with Crippen LogP contribution in [0.2, 0.25) is 0 Å². The van der Waals surface area contributed by atoms with Crippen molar-refractivity contribution in [2.75, 3.05) is 40.0 Å². The van der Waals surface area contributed by atoms with Crippen molar-refractivity contribution in [1.82, 2.24) is 19.4 Å². The molecule has 0 aliphatic carbocycles. The molecule has 0 radical (unpaired) electrons. The molecule has 1 fully saturated rings. The highest BCUT2D eigenvalue weighted by molar-refractivity contribution is 7.98. The van der Waals surface area contributed by atoms with E-state index in [0.717, 1.165) is 55.9 Å². The summed E-state index contributed by atoms with van der Waals surface area (Å²) in [5.41, 5.74) is 0.827. The first kappa shape index (κ1) is 20.0. The Hall–Kier alpha value is -1.79. The monoisotopic (exact) mass is 386 g/mol. The number of amides is 1. The molecule has 0 bridgehead atoms. The predicted molar refractivity (Wildman–Crippen MR) is 111 cm³/mol. The van der Waals surface area contributed by atoms with E-state index in [2.05, 4.69) is 34.7 Å². The molecule has 6 heteroatoms. The molecule has 0 spiro atoms. The predicted octanol–water partition coefficient (Wildman–Crippen LogP) is 3.58. The molecule has 0 atom stereocenters. The number of likely N-dealkylation sites (tertiary alicyclic amines) is 1. The van der Waals surface area contributed by atoms with Crippen LogP contribution in [0.1, 0.15) is 41.4 Å².